The summed E-state index contributed by atoms with van der Waals surface area (Å²) in [6, 6.07) is 0. The summed E-state index contributed by atoms with van der Waals surface area (Å²) in [5, 5.41) is 2.86. The zero-order chi connectivity index (χ0) is 10.4. The van der Waals surface area contributed by atoms with Gasteiger partial charge in [-0.25, -0.2) is 0 Å². The monoisotopic (exact) mass is 236 g/mol. The van der Waals surface area contributed by atoms with Gasteiger partial charge in [0.1, 0.15) is 0 Å². The highest BCUT2D eigenvalue weighted by Crippen LogP contribution is 2.44. The van der Waals surface area contributed by atoms with Crippen molar-refractivity contribution < 1.29 is 9.53 Å². The van der Waals surface area contributed by atoms with Crippen molar-refractivity contribution in [2.24, 2.45) is 11.1 Å². The zero-order valence-corrected chi connectivity index (χ0v) is 10.1. The minimum Gasteiger partial charge on any atom is -0.385 e. The Balaban J connectivity index is 0.00000196. The molecule has 1 aliphatic rings. The van der Waals surface area contributed by atoms with E-state index in [1.807, 2.05) is 0 Å². The fourth-order valence-corrected chi connectivity index (χ4v) is 1.86. The van der Waals surface area contributed by atoms with Crippen LogP contribution in [0.1, 0.15) is 25.7 Å². The maximum atomic E-state index is 11.8. The third kappa shape index (κ3) is 3.63. The highest BCUT2D eigenvalue weighted by atomic mass is 35.5. The lowest BCUT2D eigenvalue weighted by molar-refractivity contribution is -0.137. The highest BCUT2D eigenvalue weighted by Gasteiger charge is 2.43. The average Bonchev–Trinajstić information content (AvgIpc) is 2.13. The van der Waals surface area contributed by atoms with Crippen LogP contribution in [0.4, 0.5) is 0 Å². The van der Waals surface area contributed by atoms with E-state index in [9.17, 15) is 4.79 Å². The Hall–Kier alpha value is -0.320. The first kappa shape index (κ1) is 14.7. The van der Waals surface area contributed by atoms with Crippen molar-refractivity contribution >= 4 is 18.3 Å². The van der Waals surface area contributed by atoms with Crippen LogP contribution in [-0.2, 0) is 9.53 Å². The van der Waals surface area contributed by atoms with E-state index in [2.05, 4.69) is 5.32 Å². The molecule has 15 heavy (non-hydrogen) atoms. The molecule has 0 aliphatic heterocycles. The summed E-state index contributed by atoms with van der Waals surface area (Å²) in [6.45, 7) is 1.75. The standard InChI is InChI=1S/C10H20N2O2.ClH/c1-14-8-5-10(3-2-4-10)9(13)12-7-6-11;/h2-8,11H2,1H3,(H,12,13);1H. The number of carbonyl (C=O) groups is 1. The third-order valence-corrected chi connectivity index (χ3v) is 3.01. The second-order valence-corrected chi connectivity index (χ2v) is 3.92. The summed E-state index contributed by atoms with van der Waals surface area (Å²) in [7, 11) is 1.67. The maximum absolute atomic E-state index is 11.8. The first-order chi connectivity index (χ1) is 6.75. The van der Waals surface area contributed by atoms with Crippen molar-refractivity contribution in [1.82, 2.24) is 5.32 Å². The van der Waals surface area contributed by atoms with Crippen LogP contribution < -0.4 is 11.1 Å². The van der Waals surface area contributed by atoms with Gasteiger partial charge in [0, 0.05) is 26.8 Å². The van der Waals surface area contributed by atoms with Crippen molar-refractivity contribution in [1.29, 1.82) is 0 Å². The molecule has 1 saturated carbocycles. The van der Waals surface area contributed by atoms with Gasteiger partial charge in [-0.15, -0.1) is 12.4 Å². The second kappa shape index (κ2) is 7.04. The summed E-state index contributed by atoms with van der Waals surface area (Å²) in [6.07, 6.45) is 3.97. The van der Waals surface area contributed by atoms with Crippen molar-refractivity contribution in [3.63, 3.8) is 0 Å². The Morgan fingerprint density at radius 1 is 1.53 bits per heavy atom. The van der Waals surface area contributed by atoms with Crippen LogP contribution >= 0.6 is 12.4 Å². The summed E-state index contributed by atoms with van der Waals surface area (Å²) in [4.78, 5) is 11.8. The van der Waals surface area contributed by atoms with Crippen LogP contribution in [0.25, 0.3) is 0 Å². The minimum absolute atomic E-state index is 0. The van der Waals surface area contributed by atoms with Gasteiger partial charge in [0.25, 0.3) is 0 Å². The molecule has 0 aromatic heterocycles. The number of ether oxygens (including phenoxy) is 1. The minimum atomic E-state index is -0.148. The number of hydrogen-bond donors (Lipinski definition) is 2. The molecule has 0 aromatic carbocycles. The Kier molecular flexibility index (Phi) is 6.89. The van der Waals surface area contributed by atoms with E-state index in [4.69, 9.17) is 10.5 Å². The molecule has 3 N–H and O–H groups in total. The van der Waals surface area contributed by atoms with Crippen molar-refractivity contribution in [3.8, 4) is 0 Å². The first-order valence-corrected chi connectivity index (χ1v) is 5.22. The Morgan fingerprint density at radius 3 is 2.60 bits per heavy atom. The lowest BCUT2D eigenvalue weighted by Gasteiger charge is -2.40. The number of halogens is 1. The number of nitrogens with one attached hydrogen (secondary N) is 1. The van der Waals surface area contributed by atoms with E-state index >= 15 is 0 Å². The van der Waals surface area contributed by atoms with Gasteiger partial charge in [-0.1, -0.05) is 6.42 Å². The quantitative estimate of drug-likeness (QED) is 0.713. The highest BCUT2D eigenvalue weighted by molar-refractivity contribution is 5.85. The van der Waals surface area contributed by atoms with Crippen LogP contribution in [0.15, 0.2) is 0 Å². The topological polar surface area (TPSA) is 64.3 Å². The van der Waals surface area contributed by atoms with Gasteiger partial charge in [0.2, 0.25) is 5.91 Å². The molecule has 0 heterocycles. The molecule has 1 amide bonds. The summed E-state index contributed by atoms with van der Waals surface area (Å²) < 4.78 is 5.02. The van der Waals surface area contributed by atoms with E-state index in [0.29, 0.717) is 19.7 Å². The molecule has 0 aromatic rings. The van der Waals surface area contributed by atoms with E-state index in [1.165, 1.54) is 0 Å². The van der Waals surface area contributed by atoms with Crippen molar-refractivity contribution in [2.75, 3.05) is 26.8 Å². The van der Waals surface area contributed by atoms with Gasteiger partial charge in [-0.2, -0.15) is 0 Å². The molecule has 90 valence electrons. The van der Waals surface area contributed by atoms with Crippen molar-refractivity contribution in [2.45, 2.75) is 25.7 Å². The molecule has 1 aliphatic carbocycles. The normalized spacial score (nSPS) is 17.5. The molecule has 4 nitrogen and oxygen atoms in total. The molecule has 0 atom stereocenters. The Labute approximate surface area is 97.3 Å². The predicted octanol–water partition coefficient (Wildman–Crippen LogP) is 0.690. The molecule has 0 radical (unpaired) electrons. The Bertz CT molecular complexity index is 196. The number of rotatable bonds is 6. The van der Waals surface area contributed by atoms with E-state index in [1.54, 1.807) is 7.11 Å². The predicted molar refractivity (Wildman–Crippen MR) is 62.1 cm³/mol. The molecule has 0 spiro atoms. The summed E-state index contributed by atoms with van der Waals surface area (Å²) >= 11 is 0. The molecule has 0 unspecified atom stereocenters. The SMILES string of the molecule is COCCC1(C(=O)NCCN)CCC1.Cl. The lowest BCUT2D eigenvalue weighted by Crippen LogP contribution is -2.47. The fraction of sp³-hybridized carbons (Fsp3) is 0.900. The van der Waals surface area contributed by atoms with E-state index in [-0.39, 0.29) is 23.7 Å². The van der Waals surface area contributed by atoms with Gasteiger partial charge >= 0.3 is 0 Å². The van der Waals surface area contributed by atoms with E-state index in [0.717, 1.165) is 25.7 Å². The number of methoxy groups -OCH3 is 1. The van der Waals surface area contributed by atoms with Gasteiger partial charge in [0.15, 0.2) is 0 Å². The van der Waals surface area contributed by atoms with Crippen LogP contribution in [0.2, 0.25) is 0 Å². The maximum Gasteiger partial charge on any atom is 0.226 e. The van der Waals surface area contributed by atoms with Gasteiger partial charge in [0.05, 0.1) is 5.41 Å². The molecule has 1 fully saturated rings. The van der Waals surface area contributed by atoms with Gasteiger partial charge in [-0.3, -0.25) is 4.79 Å². The summed E-state index contributed by atoms with van der Waals surface area (Å²) in [5.41, 5.74) is 5.19. The Morgan fingerprint density at radius 2 is 2.20 bits per heavy atom. The zero-order valence-electron chi connectivity index (χ0n) is 9.25. The average molecular weight is 237 g/mol. The number of nitrogens with two attached hydrogens (primary N) is 1. The van der Waals surface area contributed by atoms with E-state index < -0.39 is 0 Å². The largest absolute Gasteiger partial charge is 0.385 e. The van der Waals surface area contributed by atoms with Crippen LogP contribution in [0.5, 0.6) is 0 Å². The third-order valence-electron chi connectivity index (χ3n) is 3.01. The summed E-state index contributed by atoms with van der Waals surface area (Å²) in [5.74, 6) is 0.159. The molecule has 1 rings (SSSR count). The molecule has 0 saturated heterocycles. The smallest absolute Gasteiger partial charge is 0.226 e. The molecule has 5 heteroatoms. The molecular formula is C10H21ClN2O2. The van der Waals surface area contributed by atoms with Gasteiger partial charge < -0.3 is 15.8 Å². The number of amides is 1. The number of carbonyl (C=O) groups excluding carboxylic acids is 1. The fourth-order valence-electron chi connectivity index (χ4n) is 1.86. The molecular weight excluding hydrogens is 216 g/mol. The first-order valence-electron chi connectivity index (χ1n) is 5.22. The second-order valence-electron chi connectivity index (χ2n) is 3.92. The van der Waals surface area contributed by atoms with Gasteiger partial charge in [-0.05, 0) is 19.3 Å². The van der Waals surface area contributed by atoms with Crippen molar-refractivity contribution in [3.05, 3.63) is 0 Å². The van der Waals surface area contributed by atoms with Crippen LogP contribution in [0.3, 0.4) is 0 Å². The lowest BCUT2D eigenvalue weighted by atomic mass is 9.66. The number of hydrogen-bond acceptors (Lipinski definition) is 3. The van der Waals surface area contributed by atoms with Crippen LogP contribution in [-0.4, -0.2) is 32.7 Å². The van der Waals surface area contributed by atoms with Crippen LogP contribution in [0, 0.1) is 5.41 Å². The molecule has 0 bridgehead atoms.